The second kappa shape index (κ2) is 9.21. The number of Topliss-reactive ketones (excluding diaryl/α,β-unsaturated/α-hetero) is 1. The quantitative estimate of drug-likeness (QED) is 0.343. The number of benzene rings is 1. The van der Waals surface area contributed by atoms with Crippen LogP contribution in [-0.2, 0) is 14.3 Å². The molecule has 1 amide bonds. The van der Waals surface area contributed by atoms with E-state index < -0.39 is 17.7 Å². The van der Waals surface area contributed by atoms with Crippen LogP contribution < -0.4 is 0 Å². The minimum Gasteiger partial charge on any atom is -0.505 e. The van der Waals surface area contributed by atoms with E-state index in [4.69, 9.17) is 16.3 Å². The van der Waals surface area contributed by atoms with Crippen molar-refractivity contribution in [3.05, 3.63) is 76.2 Å². The van der Waals surface area contributed by atoms with E-state index in [1.54, 1.807) is 35.7 Å². The molecule has 176 valence electrons. The zero-order valence-corrected chi connectivity index (χ0v) is 19.5. The van der Waals surface area contributed by atoms with Gasteiger partial charge in [-0.15, -0.1) is 0 Å². The Morgan fingerprint density at radius 2 is 1.94 bits per heavy atom. The molecule has 2 fully saturated rings. The van der Waals surface area contributed by atoms with Crippen LogP contribution in [0.4, 0.5) is 0 Å². The maximum Gasteiger partial charge on any atom is 0.295 e. The van der Waals surface area contributed by atoms with Crippen LogP contribution in [0.25, 0.3) is 11.4 Å². The molecule has 2 aromatic heterocycles. The van der Waals surface area contributed by atoms with Gasteiger partial charge in [0.2, 0.25) is 0 Å². The average molecular weight is 481 g/mol. The Hall–Kier alpha value is -3.20. The highest BCUT2D eigenvalue weighted by Crippen LogP contribution is 2.40. The molecule has 1 aromatic carbocycles. The average Bonchev–Trinajstić information content (AvgIpc) is 3.31. The summed E-state index contributed by atoms with van der Waals surface area (Å²) in [4.78, 5) is 34.8. The van der Waals surface area contributed by atoms with Gasteiger partial charge in [0, 0.05) is 37.4 Å². The molecule has 5 rings (SSSR count). The van der Waals surface area contributed by atoms with Gasteiger partial charge in [0.25, 0.3) is 11.7 Å². The number of amides is 1. The van der Waals surface area contributed by atoms with Crippen molar-refractivity contribution >= 4 is 34.7 Å². The molecule has 1 unspecified atom stereocenters. The van der Waals surface area contributed by atoms with Gasteiger partial charge in [0.1, 0.15) is 11.3 Å². The van der Waals surface area contributed by atoms with Crippen molar-refractivity contribution in [1.29, 1.82) is 0 Å². The summed E-state index contributed by atoms with van der Waals surface area (Å²) in [6.07, 6.45) is 1.77. The number of imidazole rings is 1. The lowest BCUT2D eigenvalue weighted by atomic mass is 9.96. The molecule has 34 heavy (non-hydrogen) atoms. The lowest BCUT2D eigenvalue weighted by molar-refractivity contribution is -0.140. The SMILES string of the molecule is Cc1nc2ccccn2c1/C(O)=C1/C(=O)C(=O)N(CCN2CCOCC2)C1c1cccc(Cl)c1. The highest BCUT2D eigenvalue weighted by Gasteiger charge is 2.46. The van der Waals surface area contributed by atoms with Crippen molar-refractivity contribution in [2.24, 2.45) is 0 Å². The van der Waals surface area contributed by atoms with Crippen LogP contribution in [0, 0.1) is 6.92 Å². The van der Waals surface area contributed by atoms with Crippen molar-refractivity contribution < 1.29 is 19.4 Å². The monoisotopic (exact) mass is 480 g/mol. The minimum atomic E-state index is -0.756. The van der Waals surface area contributed by atoms with Gasteiger partial charge in [-0.05, 0) is 36.8 Å². The second-order valence-corrected chi connectivity index (χ2v) is 8.91. The molecule has 8 nitrogen and oxygen atoms in total. The van der Waals surface area contributed by atoms with Crippen LogP contribution in [0.2, 0.25) is 5.02 Å². The molecular weight excluding hydrogens is 456 g/mol. The number of fused-ring (bicyclic) bond motifs is 1. The lowest BCUT2D eigenvalue weighted by Gasteiger charge is -2.31. The number of aliphatic hydroxyl groups is 1. The number of aliphatic hydroxyl groups excluding tert-OH is 1. The largest absolute Gasteiger partial charge is 0.505 e. The van der Waals surface area contributed by atoms with E-state index >= 15 is 0 Å². The topological polar surface area (TPSA) is 87.4 Å². The zero-order valence-electron chi connectivity index (χ0n) is 18.8. The number of hydrogen-bond acceptors (Lipinski definition) is 6. The van der Waals surface area contributed by atoms with E-state index in [0.29, 0.717) is 53.9 Å². The van der Waals surface area contributed by atoms with Crippen LogP contribution in [0.15, 0.2) is 54.2 Å². The third-order valence-electron chi connectivity index (χ3n) is 6.39. The van der Waals surface area contributed by atoms with Crippen LogP contribution in [0.1, 0.15) is 23.0 Å². The van der Waals surface area contributed by atoms with Gasteiger partial charge in [0.05, 0.1) is 30.5 Å². The summed E-state index contributed by atoms with van der Waals surface area (Å²) in [7, 11) is 0. The third kappa shape index (κ3) is 3.98. The predicted octanol–water partition coefficient (Wildman–Crippen LogP) is 3.05. The fraction of sp³-hybridized carbons (Fsp3) is 0.320. The number of morpholine rings is 1. The Morgan fingerprint density at radius 1 is 1.15 bits per heavy atom. The molecule has 9 heteroatoms. The van der Waals surface area contributed by atoms with E-state index in [-0.39, 0.29) is 11.3 Å². The second-order valence-electron chi connectivity index (χ2n) is 8.48. The number of pyridine rings is 1. The van der Waals surface area contributed by atoms with Gasteiger partial charge < -0.3 is 14.7 Å². The molecule has 0 spiro atoms. The highest BCUT2D eigenvalue weighted by molar-refractivity contribution is 6.46. The number of likely N-dealkylation sites (tertiary alicyclic amines) is 1. The molecule has 2 aliphatic heterocycles. The van der Waals surface area contributed by atoms with Crippen molar-refractivity contribution in [2.45, 2.75) is 13.0 Å². The van der Waals surface area contributed by atoms with Crippen LogP contribution in [0.3, 0.4) is 0 Å². The first-order valence-electron chi connectivity index (χ1n) is 11.2. The van der Waals surface area contributed by atoms with Gasteiger partial charge >= 0.3 is 0 Å². The number of aromatic nitrogens is 2. The summed E-state index contributed by atoms with van der Waals surface area (Å²) < 4.78 is 7.13. The number of rotatable bonds is 5. The zero-order chi connectivity index (χ0) is 23.8. The Labute approximate surface area is 202 Å². The lowest BCUT2D eigenvalue weighted by Crippen LogP contribution is -2.42. The highest BCUT2D eigenvalue weighted by atomic mass is 35.5. The molecule has 1 atom stereocenters. The Morgan fingerprint density at radius 3 is 2.71 bits per heavy atom. The summed E-state index contributed by atoms with van der Waals surface area (Å²) in [6.45, 7) is 5.53. The van der Waals surface area contributed by atoms with Crippen LogP contribution in [0.5, 0.6) is 0 Å². The third-order valence-corrected chi connectivity index (χ3v) is 6.63. The molecule has 0 radical (unpaired) electrons. The summed E-state index contributed by atoms with van der Waals surface area (Å²) in [5.41, 5.74) is 2.31. The number of hydrogen-bond donors (Lipinski definition) is 1. The molecule has 3 aromatic rings. The Balaban J connectivity index is 1.61. The number of nitrogens with zero attached hydrogens (tertiary/aromatic N) is 4. The predicted molar refractivity (Wildman–Crippen MR) is 128 cm³/mol. The maximum absolute atomic E-state index is 13.3. The molecule has 2 saturated heterocycles. The van der Waals surface area contributed by atoms with Gasteiger partial charge in [-0.1, -0.05) is 29.8 Å². The van der Waals surface area contributed by atoms with E-state index in [2.05, 4.69) is 9.88 Å². The van der Waals surface area contributed by atoms with E-state index in [1.807, 2.05) is 24.3 Å². The van der Waals surface area contributed by atoms with Gasteiger partial charge in [0.15, 0.2) is 5.76 Å². The molecular formula is C25H25ClN4O4. The number of ketones is 1. The summed E-state index contributed by atoms with van der Waals surface area (Å²) >= 11 is 6.27. The first kappa shape index (κ1) is 22.6. The fourth-order valence-corrected chi connectivity index (χ4v) is 4.93. The first-order valence-corrected chi connectivity index (χ1v) is 11.6. The number of halogens is 1. The summed E-state index contributed by atoms with van der Waals surface area (Å²) in [5.74, 6) is -1.59. The molecule has 0 aliphatic carbocycles. The number of ether oxygens (including phenoxy) is 1. The van der Waals surface area contributed by atoms with Crippen LogP contribution >= 0.6 is 11.6 Å². The first-order chi connectivity index (χ1) is 16.5. The van der Waals surface area contributed by atoms with Crippen LogP contribution in [-0.4, -0.2) is 75.4 Å². The van der Waals surface area contributed by atoms with Gasteiger partial charge in [-0.2, -0.15) is 0 Å². The smallest absolute Gasteiger partial charge is 0.295 e. The summed E-state index contributed by atoms with van der Waals surface area (Å²) in [6, 6.07) is 11.8. The fourth-order valence-electron chi connectivity index (χ4n) is 4.73. The molecule has 1 N–H and O–H groups in total. The van der Waals surface area contributed by atoms with E-state index in [0.717, 1.165) is 13.1 Å². The normalized spacial score (nSPS) is 21.0. The minimum absolute atomic E-state index is 0.0444. The Bertz CT molecular complexity index is 1300. The molecule has 2 aliphatic rings. The molecule has 4 heterocycles. The van der Waals surface area contributed by atoms with Crippen molar-refractivity contribution in [3.8, 4) is 0 Å². The number of carbonyl (C=O) groups is 2. The maximum atomic E-state index is 13.3. The van der Waals surface area contributed by atoms with Crippen molar-refractivity contribution in [3.63, 3.8) is 0 Å². The van der Waals surface area contributed by atoms with E-state index in [9.17, 15) is 14.7 Å². The Kier molecular flexibility index (Phi) is 6.12. The molecule has 0 bridgehead atoms. The van der Waals surface area contributed by atoms with Gasteiger partial charge in [-0.25, -0.2) is 4.98 Å². The number of aryl methyl sites for hydroxylation is 1. The molecule has 0 saturated carbocycles. The van der Waals surface area contributed by atoms with E-state index in [1.165, 1.54) is 4.90 Å². The van der Waals surface area contributed by atoms with Crippen molar-refractivity contribution in [2.75, 3.05) is 39.4 Å². The number of carbonyl (C=O) groups excluding carboxylic acids is 2. The standard InChI is InChI=1S/C25H25ClN4O4/c1-16-21(29-8-3-2-7-19(29)27-16)23(31)20-22(17-5-4-6-18(26)15-17)30(25(33)24(20)32)10-9-28-11-13-34-14-12-28/h2-8,15,22,31H,9-14H2,1H3/b23-20-. The van der Waals surface area contributed by atoms with Gasteiger partial charge in [-0.3, -0.25) is 18.9 Å². The summed E-state index contributed by atoms with van der Waals surface area (Å²) in [5, 5.41) is 12.0. The van der Waals surface area contributed by atoms with Crippen molar-refractivity contribution in [1.82, 2.24) is 19.2 Å².